The molecule has 2 saturated heterocycles. The Bertz CT molecular complexity index is 2900. The average Bonchev–Trinajstić information content (AvgIpc) is 1.80. The number of hydrogen-bond acceptors (Lipinski definition) is 17. The van der Waals surface area contributed by atoms with E-state index in [2.05, 4.69) is 31.9 Å². The van der Waals surface area contributed by atoms with Gasteiger partial charge >= 0.3 is 18.2 Å². The van der Waals surface area contributed by atoms with E-state index in [-0.39, 0.29) is 131 Å². The summed E-state index contributed by atoms with van der Waals surface area (Å²) >= 11 is 0. The van der Waals surface area contributed by atoms with Gasteiger partial charge in [0.25, 0.3) is 0 Å². The van der Waals surface area contributed by atoms with E-state index in [1.807, 2.05) is 90.9 Å². The first-order valence-electron chi connectivity index (χ1n) is 34.2. The van der Waals surface area contributed by atoms with Crippen LogP contribution < -0.4 is 37.6 Å². The predicted molar refractivity (Wildman–Crippen MR) is 375 cm³/mol. The minimum Gasteiger partial charge on any atom is -0.450 e. The van der Waals surface area contributed by atoms with Crippen LogP contribution in [0.1, 0.15) is 153 Å². The number of methoxy groups -OCH3 is 2. The number of amides is 12. The molecule has 2 aromatic rings. The first-order valence-corrected chi connectivity index (χ1v) is 34.2. The third-order valence-corrected chi connectivity index (χ3v) is 17.9. The van der Waals surface area contributed by atoms with Crippen molar-refractivity contribution in [2.24, 2.45) is 41.2 Å². The Morgan fingerprint density at radius 3 is 1.92 bits per heavy atom. The molecule has 2 aromatic carbocycles. The van der Waals surface area contributed by atoms with Crippen LogP contribution in [0.3, 0.4) is 0 Å². The summed E-state index contributed by atoms with van der Waals surface area (Å²) in [6, 6.07) is 10.4. The van der Waals surface area contributed by atoms with E-state index in [9.17, 15) is 57.8 Å². The summed E-state index contributed by atoms with van der Waals surface area (Å²) in [4.78, 5) is 147. The molecule has 9 N–H and O–H groups in total. The Labute approximate surface area is 586 Å². The summed E-state index contributed by atoms with van der Waals surface area (Å²) < 4.78 is 27.5. The lowest BCUT2D eigenvalue weighted by molar-refractivity contribution is -0.148. The second kappa shape index (κ2) is 43.6. The number of ether oxygens (including phenoxy) is 5. The van der Waals surface area contributed by atoms with Crippen LogP contribution >= 0.6 is 0 Å². The Balaban J connectivity index is 0.000000693. The standard InChI is InChI=1S/C42H71N5O9.C28H42N6O8.CH4/c1-14-27(7)36(45(10)41(52)34(25(3)4)44-40(51)35(26(5)6)46(11)42(53)56-15-2)32(54-12)24-33(48)47-23-19-22-31(47)38(55-13)28(8)39(50)43-29(9)37(49)30-20-17-16-18-21-30;1-17(2)23(33-28(40)42-15-14-41-13-12-34-22(35)16-19(4)26(34)38)25(37)32-21(6-5-11-30-27(29)39)24(36)31-20-9-7-18(3)8-10-20;/h16-18,20-21,25-29,31-32,34-38,49H,14-15,19,22-24H2,1-13H3,(H,43,50)(H,44,51);7-10,17,19,21,23H,5-6,11-16H2,1-4H3,(H,31,36)(H,32,37)(H,33,40)(H3,29,30,39);1H4/t27-,28+,29+,31-,32+,34-,35?,36-,37+,38+;19?,21-,23-;/m00./s1. The van der Waals surface area contributed by atoms with Crippen molar-refractivity contribution in [2.75, 3.05) is 79.7 Å². The summed E-state index contributed by atoms with van der Waals surface area (Å²) in [6.45, 7) is 24.6. The molecule has 2 aliphatic heterocycles. The number of aliphatic hydroxyl groups is 1. The molecular weight excluding hydrogens is 1280 g/mol. The number of rotatable bonds is 37. The molecule has 0 radical (unpaired) electrons. The number of anilines is 1. The van der Waals surface area contributed by atoms with Crippen molar-refractivity contribution in [3.8, 4) is 0 Å². The number of hydrogen-bond donors (Lipinski definition) is 8. The zero-order chi connectivity index (χ0) is 73.7. The average molecular weight is 1400 g/mol. The summed E-state index contributed by atoms with van der Waals surface area (Å²) in [7, 11) is 6.26. The van der Waals surface area contributed by atoms with E-state index in [0.29, 0.717) is 37.1 Å². The molecule has 28 nitrogen and oxygen atoms in total. The van der Waals surface area contributed by atoms with Crippen LogP contribution in [0.2, 0.25) is 0 Å². The molecule has 0 saturated carbocycles. The number of likely N-dealkylation sites (N-methyl/N-ethyl adjacent to an activating group) is 2. The van der Waals surface area contributed by atoms with E-state index in [1.54, 1.807) is 70.5 Å². The van der Waals surface area contributed by atoms with Crippen LogP contribution in [0.25, 0.3) is 0 Å². The van der Waals surface area contributed by atoms with Gasteiger partial charge in [-0.2, -0.15) is 0 Å². The number of nitrogens with one attached hydrogen (secondary N) is 6. The first kappa shape index (κ1) is 87.1. The minimum atomic E-state index is -1.01. The third kappa shape index (κ3) is 26.9. The molecule has 4 rings (SSSR count). The second-order valence-corrected chi connectivity index (χ2v) is 26.4. The fourth-order valence-corrected chi connectivity index (χ4v) is 12.1. The van der Waals surface area contributed by atoms with Gasteiger partial charge in [-0.3, -0.25) is 48.2 Å². The molecule has 12 amide bonds. The summed E-state index contributed by atoms with van der Waals surface area (Å²) in [5, 5.41) is 27.1. The second-order valence-electron chi connectivity index (χ2n) is 26.4. The van der Waals surface area contributed by atoms with Gasteiger partial charge in [0.2, 0.25) is 47.3 Å². The number of aryl methyl sites for hydroxylation is 1. The Kier molecular flexibility index (Phi) is 38.3. The highest BCUT2D eigenvalue weighted by atomic mass is 16.6. The van der Waals surface area contributed by atoms with E-state index in [1.165, 1.54) is 26.2 Å². The number of aliphatic hydroxyl groups excluding tert-OH is 1. The summed E-state index contributed by atoms with van der Waals surface area (Å²) in [6.07, 6.45) is -0.860. The maximum atomic E-state index is 14.3. The maximum absolute atomic E-state index is 14.3. The van der Waals surface area contributed by atoms with Crippen molar-refractivity contribution in [1.82, 2.24) is 46.2 Å². The lowest BCUT2D eigenvalue weighted by Crippen LogP contribution is -2.60. The Hall–Kier alpha value is -7.95. The number of imide groups is 1. The molecule has 2 heterocycles. The predicted octanol–water partition coefficient (Wildman–Crippen LogP) is 6.06. The molecule has 13 atom stereocenters. The monoisotopic (exact) mass is 1400 g/mol. The van der Waals surface area contributed by atoms with Crippen LogP contribution in [0, 0.1) is 42.4 Å². The van der Waals surface area contributed by atoms with Gasteiger partial charge in [0.15, 0.2) is 0 Å². The van der Waals surface area contributed by atoms with Gasteiger partial charge in [0.05, 0.1) is 75.1 Å². The van der Waals surface area contributed by atoms with Gasteiger partial charge < -0.3 is 76.2 Å². The summed E-state index contributed by atoms with van der Waals surface area (Å²) in [5.74, 6) is -4.71. The zero-order valence-corrected chi connectivity index (χ0v) is 60.7. The minimum absolute atomic E-state index is 0. The number of likely N-dealkylation sites (tertiary alicyclic amines) is 2. The van der Waals surface area contributed by atoms with E-state index in [4.69, 9.17) is 29.4 Å². The normalized spacial score (nSPS) is 17.7. The van der Waals surface area contributed by atoms with Crippen LogP contribution in [-0.4, -0.2) is 219 Å². The highest BCUT2D eigenvalue weighted by Crippen LogP contribution is 2.31. The lowest BCUT2D eigenvalue weighted by atomic mass is 9.89. The number of primary amides is 1. The molecule has 0 aromatic heterocycles. The van der Waals surface area contributed by atoms with Crippen molar-refractivity contribution < 1.29 is 81.5 Å². The van der Waals surface area contributed by atoms with Crippen LogP contribution in [0.4, 0.5) is 20.1 Å². The van der Waals surface area contributed by atoms with Crippen molar-refractivity contribution in [3.63, 3.8) is 0 Å². The number of urea groups is 1. The van der Waals surface area contributed by atoms with Gasteiger partial charge in [-0.15, -0.1) is 0 Å². The highest BCUT2D eigenvalue weighted by molar-refractivity contribution is 6.03. The fourth-order valence-electron chi connectivity index (χ4n) is 12.1. The van der Waals surface area contributed by atoms with Crippen molar-refractivity contribution >= 4 is 71.2 Å². The van der Waals surface area contributed by atoms with Crippen molar-refractivity contribution in [3.05, 3.63) is 65.7 Å². The molecule has 2 unspecified atom stereocenters. The number of benzene rings is 2. The quantitative estimate of drug-likeness (QED) is 0.0281. The van der Waals surface area contributed by atoms with Crippen LogP contribution in [0.5, 0.6) is 0 Å². The molecule has 0 spiro atoms. The smallest absolute Gasteiger partial charge is 0.410 e. The molecule has 28 heteroatoms. The van der Waals surface area contributed by atoms with Crippen molar-refractivity contribution in [2.45, 2.75) is 203 Å². The number of nitrogens with two attached hydrogens (primary N) is 1. The molecule has 0 bridgehead atoms. The number of carbonyl (C=O) groups excluding carboxylic acids is 11. The van der Waals surface area contributed by atoms with E-state index >= 15 is 0 Å². The topological polar surface area (TPSA) is 365 Å². The van der Waals surface area contributed by atoms with Crippen LogP contribution in [0.15, 0.2) is 54.6 Å². The van der Waals surface area contributed by atoms with Gasteiger partial charge in [0.1, 0.15) is 30.8 Å². The maximum Gasteiger partial charge on any atom is 0.410 e. The largest absolute Gasteiger partial charge is 0.450 e. The Morgan fingerprint density at radius 1 is 0.737 bits per heavy atom. The number of nitrogens with zero attached hydrogens (tertiary/aromatic N) is 4. The molecule has 2 fully saturated rings. The van der Waals surface area contributed by atoms with Gasteiger partial charge in [-0.1, -0.05) is 131 Å². The zero-order valence-electron chi connectivity index (χ0n) is 60.7. The fraction of sp³-hybridized carbons (Fsp3) is 0.676. The Morgan fingerprint density at radius 2 is 1.37 bits per heavy atom. The third-order valence-electron chi connectivity index (χ3n) is 17.9. The molecule has 2 aliphatic rings. The number of carbonyl (C=O) groups is 11. The van der Waals surface area contributed by atoms with Crippen molar-refractivity contribution in [1.29, 1.82) is 0 Å². The van der Waals surface area contributed by atoms with Gasteiger partial charge in [0, 0.05) is 59.4 Å². The summed E-state index contributed by atoms with van der Waals surface area (Å²) in [5.41, 5.74) is 7.37. The molecule has 558 valence electrons. The molecular formula is C71H117N11O17. The van der Waals surface area contributed by atoms with E-state index < -0.39 is 96.4 Å². The first-order chi connectivity index (χ1) is 46.3. The van der Waals surface area contributed by atoms with Gasteiger partial charge in [-0.25, -0.2) is 14.4 Å². The highest BCUT2D eigenvalue weighted by Gasteiger charge is 2.44. The lowest BCUT2D eigenvalue weighted by Gasteiger charge is -2.41. The molecule has 0 aliphatic carbocycles. The van der Waals surface area contributed by atoms with Crippen LogP contribution in [-0.2, 0) is 62.0 Å². The van der Waals surface area contributed by atoms with E-state index in [0.717, 1.165) is 16.9 Å². The van der Waals surface area contributed by atoms with Gasteiger partial charge in [-0.05, 0) is 87.8 Å². The SMILES string of the molecule is C.CCOC(=O)N(C)C(C(=O)N[C@H](C(=O)N(C)[C@@H]([C@@H](C)CC)[C@@H](CC(=O)N1CCC[C@H]1[C@H](OC)[C@@H](C)C(=O)N[C@H](C)[C@@H](O)c1ccccc1)OC)C(C)C)C(C)C.Cc1ccc(NC(=O)[C@H](CCCNC(N)=O)NC(=O)[C@@H](NC(=O)OCCOCCN2C(=O)CC(C)C2=O)C(C)C)cc1. The molecule has 99 heavy (non-hydrogen) atoms. The number of alkyl carbamates (subject to hydrolysis) is 1.